The summed E-state index contributed by atoms with van der Waals surface area (Å²) < 4.78 is 24.6. The highest BCUT2D eigenvalue weighted by molar-refractivity contribution is 5.83. The third-order valence-electron chi connectivity index (χ3n) is 4.10. The minimum Gasteiger partial charge on any atom is -0.479 e. The van der Waals surface area contributed by atoms with Gasteiger partial charge in [-0.15, -0.1) is 0 Å². The molecule has 3 rings (SSSR count). The Morgan fingerprint density at radius 2 is 1.93 bits per heavy atom. The van der Waals surface area contributed by atoms with Gasteiger partial charge >= 0.3 is 17.8 Å². The van der Waals surface area contributed by atoms with Gasteiger partial charge in [0.05, 0.1) is 6.20 Å². The first-order valence-electron chi connectivity index (χ1n) is 8.28. The monoisotopic (exact) mass is 409 g/mol. The Morgan fingerprint density at radius 1 is 1.24 bits per heavy atom. The first kappa shape index (κ1) is 20.4. The average molecular weight is 409 g/mol. The van der Waals surface area contributed by atoms with Crippen molar-refractivity contribution in [1.82, 2.24) is 9.55 Å². The summed E-state index contributed by atoms with van der Waals surface area (Å²) in [7, 11) is 0. The zero-order valence-corrected chi connectivity index (χ0v) is 14.6. The second kappa shape index (κ2) is 8.34. The van der Waals surface area contributed by atoms with Gasteiger partial charge in [-0.3, -0.25) is 9.88 Å². The van der Waals surface area contributed by atoms with Crippen LogP contribution in [-0.4, -0.2) is 55.2 Å². The van der Waals surface area contributed by atoms with Crippen molar-refractivity contribution < 1.29 is 38.8 Å². The van der Waals surface area contributed by atoms with Crippen molar-refractivity contribution in [2.75, 3.05) is 5.32 Å². The third kappa shape index (κ3) is 4.39. The number of aliphatic carboxylic acids is 1. The number of nitrogens with zero attached hydrogens (tertiary/aromatic N) is 2. The van der Waals surface area contributed by atoms with Crippen molar-refractivity contribution in [3.8, 4) is 0 Å². The summed E-state index contributed by atoms with van der Waals surface area (Å²) in [5.41, 5.74) is -0.475. The normalized spacial score (nSPS) is 23.6. The first-order valence-corrected chi connectivity index (χ1v) is 8.28. The van der Waals surface area contributed by atoms with E-state index in [-0.39, 0.29) is 6.61 Å². The fourth-order valence-corrected chi connectivity index (χ4v) is 2.66. The Balaban J connectivity index is 1.72. The van der Waals surface area contributed by atoms with Crippen LogP contribution in [0.5, 0.6) is 0 Å². The van der Waals surface area contributed by atoms with Gasteiger partial charge in [0.2, 0.25) is 0 Å². The highest BCUT2D eigenvalue weighted by atomic mass is 19.1. The minimum absolute atomic E-state index is 0.0953. The van der Waals surface area contributed by atoms with E-state index < -0.39 is 53.9 Å². The van der Waals surface area contributed by atoms with Crippen LogP contribution in [0.2, 0.25) is 0 Å². The lowest BCUT2D eigenvalue weighted by Crippen LogP contribution is -2.37. The van der Waals surface area contributed by atoms with Crippen LogP contribution in [0.1, 0.15) is 11.8 Å². The largest absolute Gasteiger partial charge is 0.479 e. The molecule has 0 radical (unpaired) electrons. The van der Waals surface area contributed by atoms with Crippen molar-refractivity contribution in [2.24, 2.45) is 0 Å². The van der Waals surface area contributed by atoms with Crippen LogP contribution in [0.4, 0.5) is 15.0 Å². The molecule has 4 atom stereocenters. The maximum atomic E-state index is 14.3. The van der Waals surface area contributed by atoms with E-state index in [9.17, 15) is 29.0 Å². The summed E-state index contributed by atoms with van der Waals surface area (Å²) in [5, 5.41) is 30.5. The fourth-order valence-electron chi connectivity index (χ4n) is 2.66. The van der Waals surface area contributed by atoms with E-state index in [0.717, 1.165) is 0 Å². The second-order valence-electron chi connectivity index (χ2n) is 6.08. The van der Waals surface area contributed by atoms with Gasteiger partial charge in [0.1, 0.15) is 18.8 Å². The third-order valence-corrected chi connectivity index (χ3v) is 4.10. The number of halogens is 1. The van der Waals surface area contributed by atoms with E-state index in [0.29, 0.717) is 16.3 Å². The topological polar surface area (TPSA) is 160 Å². The fraction of sp³-hybridized carbons (Fsp3) is 0.294. The SMILES string of the molecule is O=C(Nc1nc(=O)n(C2OC(C(=O)O)C(O)C2O)cc1F)OCc1ccccc1. The highest BCUT2D eigenvalue weighted by Gasteiger charge is 2.48. The Kier molecular flexibility index (Phi) is 5.87. The number of benzene rings is 1. The van der Waals surface area contributed by atoms with Gasteiger partial charge in [0.15, 0.2) is 24.0 Å². The molecular weight excluding hydrogens is 393 g/mol. The summed E-state index contributed by atoms with van der Waals surface area (Å²) in [6.45, 7) is -0.0953. The Morgan fingerprint density at radius 3 is 2.55 bits per heavy atom. The van der Waals surface area contributed by atoms with Crippen LogP contribution in [0.15, 0.2) is 41.3 Å². The van der Waals surface area contributed by atoms with E-state index in [1.807, 2.05) is 5.32 Å². The van der Waals surface area contributed by atoms with Gasteiger partial charge in [-0.2, -0.15) is 4.98 Å². The predicted molar refractivity (Wildman–Crippen MR) is 92.3 cm³/mol. The molecule has 4 N–H and O–H groups in total. The summed E-state index contributed by atoms with van der Waals surface area (Å²) in [6.07, 6.45) is -7.64. The standard InChI is InChI=1S/C17H16FN3O8/c18-9-6-21(14-11(23)10(22)12(29-14)15(24)25)16(26)19-13(9)20-17(27)28-7-8-4-2-1-3-5-8/h1-6,10-12,14,22-23H,7H2,(H,24,25)(H,19,20,26,27). The van der Waals surface area contributed by atoms with Crippen LogP contribution in [-0.2, 0) is 20.9 Å². The van der Waals surface area contributed by atoms with E-state index in [4.69, 9.17) is 14.6 Å². The number of hydrogen-bond donors (Lipinski definition) is 4. The van der Waals surface area contributed by atoms with E-state index >= 15 is 0 Å². The number of carbonyl (C=O) groups is 2. The van der Waals surface area contributed by atoms with Crippen LogP contribution in [0, 0.1) is 5.82 Å². The molecule has 154 valence electrons. The number of aliphatic hydroxyl groups excluding tert-OH is 2. The predicted octanol–water partition coefficient (Wildman–Crippen LogP) is -0.165. The minimum atomic E-state index is -1.83. The molecule has 1 aromatic heterocycles. The Bertz CT molecular complexity index is 967. The quantitative estimate of drug-likeness (QED) is 0.526. The molecule has 29 heavy (non-hydrogen) atoms. The molecule has 4 unspecified atom stereocenters. The molecule has 0 bridgehead atoms. The molecule has 1 amide bonds. The number of carboxylic acids is 1. The van der Waals surface area contributed by atoms with E-state index in [2.05, 4.69) is 4.98 Å². The lowest BCUT2D eigenvalue weighted by atomic mass is 10.1. The van der Waals surface area contributed by atoms with E-state index in [1.54, 1.807) is 30.3 Å². The van der Waals surface area contributed by atoms with Crippen molar-refractivity contribution in [3.63, 3.8) is 0 Å². The molecule has 1 aliphatic rings. The molecule has 1 saturated heterocycles. The zero-order valence-electron chi connectivity index (χ0n) is 14.6. The summed E-state index contributed by atoms with van der Waals surface area (Å²) in [4.78, 5) is 38.3. The molecule has 2 heterocycles. The van der Waals surface area contributed by atoms with Crippen molar-refractivity contribution in [3.05, 3.63) is 58.4 Å². The van der Waals surface area contributed by atoms with Crippen molar-refractivity contribution >= 4 is 17.9 Å². The summed E-state index contributed by atoms with van der Waals surface area (Å²) in [6, 6.07) is 8.67. The molecule has 0 spiro atoms. The van der Waals surface area contributed by atoms with E-state index in [1.165, 1.54) is 0 Å². The van der Waals surface area contributed by atoms with Crippen molar-refractivity contribution in [1.29, 1.82) is 0 Å². The van der Waals surface area contributed by atoms with Gasteiger partial charge in [0.25, 0.3) is 0 Å². The van der Waals surface area contributed by atoms with Crippen LogP contribution < -0.4 is 11.0 Å². The van der Waals surface area contributed by atoms with Crippen LogP contribution >= 0.6 is 0 Å². The number of rotatable bonds is 5. The molecule has 0 aliphatic carbocycles. The smallest absolute Gasteiger partial charge is 0.413 e. The van der Waals surface area contributed by atoms with Gasteiger partial charge < -0.3 is 24.8 Å². The second-order valence-corrected chi connectivity index (χ2v) is 6.08. The summed E-state index contributed by atoms with van der Waals surface area (Å²) >= 11 is 0. The molecule has 1 aliphatic heterocycles. The number of carboxylic acid groups (broad SMARTS) is 1. The number of nitrogens with one attached hydrogen (secondary N) is 1. The molecule has 2 aromatic rings. The lowest BCUT2D eigenvalue weighted by molar-refractivity contribution is -0.155. The van der Waals surface area contributed by atoms with Crippen molar-refractivity contribution in [2.45, 2.75) is 31.1 Å². The molecule has 12 heteroatoms. The molecule has 11 nitrogen and oxygen atoms in total. The molecule has 1 fully saturated rings. The number of amides is 1. The number of aromatic nitrogens is 2. The molecular formula is C17H16FN3O8. The number of carbonyl (C=O) groups excluding carboxylic acids is 1. The Hall–Kier alpha value is -3.35. The maximum Gasteiger partial charge on any atom is 0.413 e. The maximum absolute atomic E-state index is 14.3. The lowest BCUT2D eigenvalue weighted by Gasteiger charge is -2.17. The Labute approximate surface area is 161 Å². The number of hydrogen-bond acceptors (Lipinski definition) is 8. The van der Waals surface area contributed by atoms with Gasteiger partial charge in [-0.1, -0.05) is 30.3 Å². The van der Waals surface area contributed by atoms with Gasteiger partial charge in [-0.05, 0) is 5.56 Å². The van der Waals surface area contributed by atoms with Crippen LogP contribution in [0.3, 0.4) is 0 Å². The number of aliphatic hydroxyl groups is 2. The first-order chi connectivity index (χ1) is 13.8. The average Bonchev–Trinajstić information content (AvgIpc) is 2.99. The highest BCUT2D eigenvalue weighted by Crippen LogP contribution is 2.29. The number of anilines is 1. The zero-order chi connectivity index (χ0) is 21.1. The molecule has 0 saturated carbocycles. The summed E-state index contributed by atoms with van der Waals surface area (Å²) in [5.74, 6) is -3.47. The van der Waals surface area contributed by atoms with Gasteiger partial charge in [-0.25, -0.2) is 18.8 Å². The number of ether oxygens (including phenoxy) is 2. The van der Waals surface area contributed by atoms with Crippen LogP contribution in [0.25, 0.3) is 0 Å². The molecule has 1 aromatic carbocycles. The van der Waals surface area contributed by atoms with Gasteiger partial charge in [0, 0.05) is 0 Å².